The molecule has 7 nitrogen and oxygen atoms in total. The van der Waals surface area contributed by atoms with Gasteiger partial charge in [-0.25, -0.2) is 0 Å². The second kappa shape index (κ2) is 20.9. The number of hydrogen-bond donors (Lipinski definition) is 0. The van der Waals surface area contributed by atoms with E-state index < -0.39 is 7.82 Å². The lowest BCUT2D eigenvalue weighted by molar-refractivity contribution is -0.870. The molecule has 8 heteroatoms. The van der Waals surface area contributed by atoms with Crippen LogP contribution < -0.4 is 4.89 Å². The van der Waals surface area contributed by atoms with Crippen molar-refractivity contribution >= 4 is 13.8 Å². The van der Waals surface area contributed by atoms with Crippen LogP contribution in [0.2, 0.25) is 0 Å². The van der Waals surface area contributed by atoms with Crippen LogP contribution in [0.5, 0.6) is 0 Å². The van der Waals surface area contributed by atoms with Crippen molar-refractivity contribution in [1.29, 1.82) is 0 Å². The number of phosphoric acid groups is 1. The summed E-state index contributed by atoms with van der Waals surface area (Å²) >= 11 is 0. The Bertz CT molecular complexity index is 510. The number of carbonyl (C=O) groups excluding carboxylic acids is 1. The number of carbonyl (C=O) groups is 1. The van der Waals surface area contributed by atoms with E-state index in [0.29, 0.717) is 17.4 Å². The molecule has 0 heterocycles. The third kappa shape index (κ3) is 26.0. The van der Waals surface area contributed by atoms with Gasteiger partial charge in [-0.2, -0.15) is 0 Å². The number of nitrogens with zero attached hydrogens (tertiary/aromatic N) is 1. The third-order valence-electron chi connectivity index (χ3n) is 5.59. The molecule has 0 aromatic heterocycles. The number of likely N-dealkylation sites (N-methyl/N-ethyl adjacent to an activating group) is 1. The minimum Gasteiger partial charge on any atom is -0.756 e. The molecule has 0 radical (unpaired) electrons. The van der Waals surface area contributed by atoms with Crippen LogP contribution in [0.25, 0.3) is 0 Å². The van der Waals surface area contributed by atoms with Gasteiger partial charge in [0.1, 0.15) is 19.8 Å². The van der Waals surface area contributed by atoms with Gasteiger partial charge in [-0.15, -0.1) is 0 Å². The van der Waals surface area contributed by atoms with E-state index in [4.69, 9.17) is 13.8 Å². The maximum Gasteiger partial charge on any atom is 0.305 e. The predicted molar refractivity (Wildman–Crippen MR) is 133 cm³/mol. The molecule has 0 aliphatic carbocycles. The summed E-state index contributed by atoms with van der Waals surface area (Å²) in [5, 5.41) is 0. The highest BCUT2D eigenvalue weighted by molar-refractivity contribution is 7.45. The summed E-state index contributed by atoms with van der Waals surface area (Å²) in [6, 6.07) is 0. The number of esters is 1. The van der Waals surface area contributed by atoms with Crippen LogP contribution >= 0.6 is 7.82 Å². The van der Waals surface area contributed by atoms with Crippen molar-refractivity contribution in [2.24, 2.45) is 0 Å². The number of hydrogen-bond acceptors (Lipinski definition) is 6. The van der Waals surface area contributed by atoms with E-state index in [-0.39, 0.29) is 25.8 Å². The van der Waals surface area contributed by atoms with Crippen molar-refractivity contribution in [3.63, 3.8) is 0 Å². The first-order chi connectivity index (χ1) is 15.7. The molecule has 198 valence electrons. The summed E-state index contributed by atoms with van der Waals surface area (Å²) in [5.74, 6) is -0.306. The molecule has 0 amide bonds. The van der Waals surface area contributed by atoms with Crippen LogP contribution in [0.4, 0.5) is 0 Å². The van der Waals surface area contributed by atoms with Gasteiger partial charge >= 0.3 is 5.97 Å². The van der Waals surface area contributed by atoms with Crippen LogP contribution in [0.15, 0.2) is 0 Å². The Morgan fingerprint density at radius 2 is 1.12 bits per heavy atom. The molecule has 33 heavy (non-hydrogen) atoms. The van der Waals surface area contributed by atoms with Crippen LogP contribution in [0, 0.1) is 0 Å². The Balaban J connectivity index is 3.40. The minimum absolute atomic E-state index is 0.0588. The van der Waals surface area contributed by atoms with Crippen LogP contribution in [0.3, 0.4) is 0 Å². The molecule has 0 aromatic carbocycles. The molecule has 0 aliphatic heterocycles. The Labute approximate surface area is 203 Å². The molecule has 1 atom stereocenters. The van der Waals surface area contributed by atoms with E-state index in [1.165, 1.54) is 77.0 Å². The lowest BCUT2D eigenvalue weighted by Crippen LogP contribution is -2.37. The molecule has 1 unspecified atom stereocenters. The quantitative estimate of drug-likeness (QED) is 0.0710. The van der Waals surface area contributed by atoms with Crippen molar-refractivity contribution in [3.05, 3.63) is 0 Å². The summed E-state index contributed by atoms with van der Waals surface area (Å²) in [6.07, 6.45) is 19.6. The van der Waals surface area contributed by atoms with Gasteiger partial charge in [0.25, 0.3) is 7.82 Å². The van der Waals surface area contributed by atoms with Gasteiger partial charge in [-0.1, -0.05) is 96.8 Å². The van der Waals surface area contributed by atoms with E-state index in [0.717, 1.165) is 19.3 Å². The van der Waals surface area contributed by atoms with Gasteiger partial charge in [0.15, 0.2) is 0 Å². The largest absolute Gasteiger partial charge is 0.756 e. The maximum atomic E-state index is 11.7. The predicted octanol–water partition coefficient (Wildman–Crippen LogP) is 6.00. The summed E-state index contributed by atoms with van der Waals surface area (Å²) in [5.41, 5.74) is 0. The van der Waals surface area contributed by atoms with Gasteiger partial charge in [-0.05, 0) is 6.42 Å². The number of quaternary nitrogens is 1. The first-order valence-corrected chi connectivity index (χ1v) is 14.7. The molecular formula is C25H52NO6P. The second-order valence-corrected chi connectivity index (χ2v) is 11.5. The van der Waals surface area contributed by atoms with Crippen LogP contribution in [-0.4, -0.2) is 58.0 Å². The van der Waals surface area contributed by atoms with Gasteiger partial charge in [0.05, 0.1) is 27.7 Å². The zero-order valence-electron chi connectivity index (χ0n) is 22.0. The fourth-order valence-corrected chi connectivity index (χ4v) is 4.16. The normalized spacial score (nSPS) is 13.7. The van der Waals surface area contributed by atoms with Crippen molar-refractivity contribution in [3.8, 4) is 0 Å². The Kier molecular flexibility index (Phi) is 20.6. The molecule has 0 fully saturated rings. The first kappa shape index (κ1) is 32.5. The first-order valence-electron chi connectivity index (χ1n) is 13.2. The summed E-state index contributed by atoms with van der Waals surface area (Å²) in [6.45, 7) is 2.57. The van der Waals surface area contributed by atoms with Crippen molar-refractivity contribution in [2.75, 3.05) is 47.5 Å². The number of unbranched alkanes of at least 4 members (excludes halogenated alkanes) is 14. The molecule has 0 spiro atoms. The Hall–Kier alpha value is -0.460. The zero-order chi connectivity index (χ0) is 24.8. The zero-order valence-corrected chi connectivity index (χ0v) is 22.9. The lowest BCUT2D eigenvalue weighted by Gasteiger charge is -2.27. The average Bonchev–Trinajstić information content (AvgIpc) is 2.73. The topological polar surface area (TPSA) is 84.9 Å². The molecule has 0 aliphatic rings. The highest BCUT2D eigenvalue weighted by Crippen LogP contribution is 2.37. The smallest absolute Gasteiger partial charge is 0.305 e. The van der Waals surface area contributed by atoms with E-state index >= 15 is 0 Å². The van der Waals surface area contributed by atoms with Crippen LogP contribution in [0.1, 0.15) is 110 Å². The average molecular weight is 494 g/mol. The monoisotopic (exact) mass is 493 g/mol. The number of ether oxygens (including phenoxy) is 1. The van der Waals surface area contributed by atoms with Gasteiger partial charge < -0.3 is 23.2 Å². The van der Waals surface area contributed by atoms with Crippen molar-refractivity contribution < 1.29 is 32.5 Å². The van der Waals surface area contributed by atoms with Gasteiger partial charge in [0, 0.05) is 6.42 Å². The lowest BCUT2D eigenvalue weighted by atomic mass is 10.0. The maximum absolute atomic E-state index is 11.7. The SMILES string of the molecule is CCCCCCCCCCCCCCCCCC(=O)OCCOP(=O)([O-])OCC[N+](C)(C)C. The summed E-state index contributed by atoms with van der Waals surface area (Å²) in [4.78, 5) is 23.4. The standard InChI is InChI=1S/C25H52NO6P/c1-5-6-7-8-9-10-11-12-13-14-15-16-17-18-19-20-25(27)30-23-24-32-33(28,29)31-22-21-26(2,3)4/h5-24H2,1-4H3. The van der Waals surface area contributed by atoms with Crippen molar-refractivity contribution in [1.82, 2.24) is 0 Å². The Morgan fingerprint density at radius 1 is 0.697 bits per heavy atom. The molecule has 0 N–H and O–H groups in total. The molecule has 0 saturated carbocycles. The third-order valence-corrected chi connectivity index (χ3v) is 6.59. The summed E-state index contributed by atoms with van der Waals surface area (Å²) < 4.78 is 26.8. The summed E-state index contributed by atoms with van der Waals surface area (Å²) in [7, 11) is 1.48. The van der Waals surface area contributed by atoms with E-state index in [9.17, 15) is 14.3 Å². The highest BCUT2D eigenvalue weighted by atomic mass is 31.2. The van der Waals surface area contributed by atoms with E-state index in [1.54, 1.807) is 0 Å². The molecule has 0 rings (SSSR count). The van der Waals surface area contributed by atoms with E-state index in [1.807, 2.05) is 21.1 Å². The van der Waals surface area contributed by atoms with Gasteiger partial charge in [0.2, 0.25) is 0 Å². The fraction of sp³-hybridized carbons (Fsp3) is 0.960. The Morgan fingerprint density at radius 3 is 1.58 bits per heavy atom. The number of rotatable bonds is 24. The number of phosphoric ester groups is 1. The molecule has 0 aromatic rings. The van der Waals surface area contributed by atoms with E-state index in [2.05, 4.69) is 6.92 Å². The fourth-order valence-electron chi connectivity index (χ4n) is 3.48. The van der Waals surface area contributed by atoms with Gasteiger partial charge in [-0.3, -0.25) is 9.36 Å². The molecule has 0 saturated heterocycles. The van der Waals surface area contributed by atoms with Crippen molar-refractivity contribution in [2.45, 2.75) is 110 Å². The minimum atomic E-state index is -4.34. The molecule has 0 bridgehead atoms. The highest BCUT2D eigenvalue weighted by Gasteiger charge is 2.13. The molecular weight excluding hydrogens is 441 g/mol. The second-order valence-electron chi connectivity index (χ2n) is 10.0. The van der Waals surface area contributed by atoms with Crippen LogP contribution in [-0.2, 0) is 23.1 Å².